The maximum absolute atomic E-state index is 13.2. The van der Waals surface area contributed by atoms with Gasteiger partial charge in [0.1, 0.15) is 6.61 Å². The number of benzene rings is 2. The van der Waals surface area contributed by atoms with E-state index in [0.717, 1.165) is 40.9 Å². The van der Waals surface area contributed by atoms with Gasteiger partial charge in [-0.2, -0.15) is 0 Å². The van der Waals surface area contributed by atoms with Crippen LogP contribution in [0.25, 0.3) is 10.9 Å². The molecule has 6 heteroatoms. The van der Waals surface area contributed by atoms with Crippen LogP contribution in [0.5, 0.6) is 5.88 Å². The van der Waals surface area contributed by atoms with Gasteiger partial charge in [-0.15, -0.1) is 0 Å². The molecule has 200 valence electrons. The minimum absolute atomic E-state index is 0.110. The molecule has 4 aliphatic carbocycles. The Hall–Kier alpha value is -2.96. The van der Waals surface area contributed by atoms with Crippen molar-refractivity contribution in [2.24, 2.45) is 23.2 Å². The summed E-state index contributed by atoms with van der Waals surface area (Å²) in [6.07, 6.45) is 8.56. The van der Waals surface area contributed by atoms with Gasteiger partial charge < -0.3 is 15.2 Å². The van der Waals surface area contributed by atoms with Crippen LogP contribution in [0.15, 0.2) is 60.7 Å². The molecule has 0 atom stereocenters. The van der Waals surface area contributed by atoms with Gasteiger partial charge in [-0.1, -0.05) is 36.4 Å². The Kier molecular flexibility index (Phi) is 7.35. The topological polar surface area (TPSA) is 74.7 Å². The van der Waals surface area contributed by atoms with E-state index in [9.17, 15) is 9.90 Å². The maximum atomic E-state index is 13.2. The minimum atomic E-state index is 0.110. The SMILES string of the molecule is O=C(CC12CC3CC(CC(C3)C1)C2)Nc1cccc2nc(OCCN(CCO)Cc3ccccc3)ccc12. The number of amides is 1. The number of nitrogens with one attached hydrogen (secondary N) is 1. The van der Waals surface area contributed by atoms with Crippen LogP contribution in [0, 0.1) is 23.2 Å². The van der Waals surface area contributed by atoms with Crippen molar-refractivity contribution in [1.29, 1.82) is 0 Å². The summed E-state index contributed by atoms with van der Waals surface area (Å²) >= 11 is 0. The third kappa shape index (κ3) is 5.71. The molecular weight excluding hydrogens is 474 g/mol. The number of carbonyl (C=O) groups excluding carboxylic acids is 1. The van der Waals surface area contributed by atoms with Gasteiger partial charge >= 0.3 is 0 Å². The number of hydrogen-bond donors (Lipinski definition) is 2. The van der Waals surface area contributed by atoms with Gasteiger partial charge in [-0.3, -0.25) is 9.69 Å². The highest BCUT2D eigenvalue weighted by atomic mass is 16.5. The van der Waals surface area contributed by atoms with Crippen molar-refractivity contribution in [2.75, 3.05) is 31.6 Å². The van der Waals surface area contributed by atoms with Crippen molar-refractivity contribution in [3.63, 3.8) is 0 Å². The molecular formula is C32H39N3O3. The zero-order valence-corrected chi connectivity index (χ0v) is 22.1. The third-order valence-electron chi connectivity index (χ3n) is 9.00. The van der Waals surface area contributed by atoms with Crippen LogP contribution in [0.1, 0.15) is 50.5 Å². The largest absolute Gasteiger partial charge is 0.476 e. The van der Waals surface area contributed by atoms with E-state index in [1.54, 1.807) is 0 Å². The second-order valence-electron chi connectivity index (χ2n) is 12.0. The number of carbonyl (C=O) groups is 1. The lowest BCUT2D eigenvalue weighted by Gasteiger charge is -2.56. The van der Waals surface area contributed by atoms with Crippen molar-refractivity contribution < 1.29 is 14.6 Å². The van der Waals surface area contributed by atoms with Gasteiger partial charge in [0.25, 0.3) is 0 Å². The zero-order chi connectivity index (χ0) is 26.0. The second kappa shape index (κ2) is 11.0. The van der Waals surface area contributed by atoms with Crippen LogP contribution < -0.4 is 10.1 Å². The van der Waals surface area contributed by atoms with Crippen molar-refractivity contribution >= 4 is 22.5 Å². The lowest BCUT2D eigenvalue weighted by atomic mass is 9.49. The van der Waals surface area contributed by atoms with Gasteiger partial charge in [0.15, 0.2) is 0 Å². The van der Waals surface area contributed by atoms with Crippen LogP contribution >= 0.6 is 0 Å². The van der Waals surface area contributed by atoms with Crippen molar-refractivity contribution in [2.45, 2.75) is 51.5 Å². The number of fused-ring (bicyclic) bond motifs is 1. The Labute approximate surface area is 225 Å². The molecule has 0 aliphatic heterocycles. The Bertz CT molecular complexity index is 1230. The van der Waals surface area contributed by atoms with E-state index in [1.807, 2.05) is 48.5 Å². The number of nitrogens with zero attached hydrogens (tertiary/aromatic N) is 2. The van der Waals surface area contributed by atoms with Crippen LogP contribution in [-0.2, 0) is 11.3 Å². The molecule has 4 fully saturated rings. The Morgan fingerprint density at radius 3 is 2.39 bits per heavy atom. The first kappa shape index (κ1) is 25.3. The highest BCUT2D eigenvalue weighted by molar-refractivity contribution is 6.01. The summed E-state index contributed by atoms with van der Waals surface area (Å²) in [5.41, 5.74) is 3.08. The van der Waals surface area contributed by atoms with Crippen LogP contribution in [0.2, 0.25) is 0 Å². The molecule has 7 rings (SSSR count). The highest BCUT2D eigenvalue weighted by Gasteiger charge is 2.51. The Morgan fingerprint density at radius 2 is 1.68 bits per heavy atom. The lowest BCUT2D eigenvalue weighted by molar-refractivity contribution is -0.124. The fourth-order valence-corrected chi connectivity index (χ4v) is 7.90. The monoisotopic (exact) mass is 513 g/mol. The van der Waals surface area contributed by atoms with Crippen molar-refractivity contribution in [3.8, 4) is 5.88 Å². The van der Waals surface area contributed by atoms with Crippen LogP contribution in [0.4, 0.5) is 5.69 Å². The van der Waals surface area contributed by atoms with Crippen LogP contribution in [-0.4, -0.2) is 47.2 Å². The number of aliphatic hydroxyl groups is 1. The molecule has 2 aromatic carbocycles. The molecule has 0 saturated heterocycles. The molecule has 0 spiro atoms. The molecule has 1 amide bonds. The van der Waals surface area contributed by atoms with Gasteiger partial charge in [-0.25, -0.2) is 4.98 Å². The summed E-state index contributed by atoms with van der Waals surface area (Å²) in [4.78, 5) is 20.1. The number of rotatable bonds is 11. The van der Waals surface area contributed by atoms with E-state index in [-0.39, 0.29) is 17.9 Å². The number of aromatic nitrogens is 1. The van der Waals surface area contributed by atoms with E-state index >= 15 is 0 Å². The summed E-state index contributed by atoms with van der Waals surface area (Å²) in [6, 6.07) is 20.0. The average Bonchev–Trinajstić information content (AvgIpc) is 2.88. The van der Waals surface area contributed by atoms with Crippen molar-refractivity contribution in [1.82, 2.24) is 9.88 Å². The summed E-state index contributed by atoms with van der Waals surface area (Å²) in [7, 11) is 0. The smallest absolute Gasteiger partial charge is 0.224 e. The van der Waals surface area contributed by atoms with Gasteiger partial charge in [-0.05, 0) is 85.5 Å². The average molecular weight is 514 g/mol. The summed E-state index contributed by atoms with van der Waals surface area (Å²) in [5.74, 6) is 3.26. The first-order chi connectivity index (χ1) is 18.6. The second-order valence-corrected chi connectivity index (χ2v) is 12.0. The molecule has 4 bridgehead atoms. The zero-order valence-electron chi connectivity index (χ0n) is 22.1. The van der Waals surface area contributed by atoms with Gasteiger partial charge in [0.2, 0.25) is 11.8 Å². The first-order valence-corrected chi connectivity index (χ1v) is 14.3. The third-order valence-corrected chi connectivity index (χ3v) is 9.00. The molecule has 4 aliphatic rings. The van der Waals surface area contributed by atoms with E-state index in [1.165, 1.54) is 44.1 Å². The number of aliphatic hydroxyl groups excluding tert-OH is 1. The van der Waals surface area contributed by atoms with E-state index in [4.69, 9.17) is 9.72 Å². The van der Waals surface area contributed by atoms with E-state index < -0.39 is 0 Å². The molecule has 3 aromatic rings. The molecule has 0 radical (unpaired) electrons. The molecule has 1 aromatic heterocycles. The van der Waals surface area contributed by atoms with Gasteiger partial charge in [0.05, 0.1) is 17.8 Å². The predicted molar refractivity (Wildman–Crippen MR) is 150 cm³/mol. The molecule has 38 heavy (non-hydrogen) atoms. The molecule has 1 heterocycles. The molecule has 4 saturated carbocycles. The number of ether oxygens (including phenoxy) is 1. The Balaban J connectivity index is 1.06. The van der Waals surface area contributed by atoms with Crippen LogP contribution in [0.3, 0.4) is 0 Å². The maximum Gasteiger partial charge on any atom is 0.224 e. The standard InChI is InChI=1S/C32H39N3O3/c36-13-11-35(22-23-5-2-1-3-6-23)12-14-38-31-10-9-27-28(7-4-8-29(27)34-31)33-30(37)21-32-18-24-15-25(19-32)17-26(16-24)20-32/h1-10,24-26,36H,11-22H2,(H,33,37). The fourth-order valence-electron chi connectivity index (χ4n) is 7.90. The lowest BCUT2D eigenvalue weighted by Crippen LogP contribution is -2.47. The first-order valence-electron chi connectivity index (χ1n) is 14.3. The molecule has 2 N–H and O–H groups in total. The summed E-state index contributed by atoms with van der Waals surface area (Å²) in [6.45, 7) is 2.64. The fraction of sp³-hybridized carbons (Fsp3) is 0.500. The van der Waals surface area contributed by atoms with E-state index in [0.29, 0.717) is 32.0 Å². The number of pyridine rings is 1. The predicted octanol–water partition coefficient (Wildman–Crippen LogP) is 5.65. The summed E-state index contributed by atoms with van der Waals surface area (Å²) < 4.78 is 5.99. The number of anilines is 1. The van der Waals surface area contributed by atoms with Gasteiger partial charge in [0, 0.05) is 37.5 Å². The highest BCUT2D eigenvalue weighted by Crippen LogP contribution is 2.61. The minimum Gasteiger partial charge on any atom is -0.476 e. The Morgan fingerprint density at radius 1 is 0.947 bits per heavy atom. The normalized spacial score (nSPS) is 25.7. The molecule has 6 nitrogen and oxygen atoms in total. The number of hydrogen-bond acceptors (Lipinski definition) is 5. The summed E-state index contributed by atoms with van der Waals surface area (Å²) in [5, 5.41) is 13.6. The van der Waals surface area contributed by atoms with E-state index in [2.05, 4.69) is 22.3 Å². The van der Waals surface area contributed by atoms with Crippen molar-refractivity contribution in [3.05, 3.63) is 66.2 Å². The molecule has 0 unspecified atom stereocenters. The quantitative estimate of drug-likeness (QED) is 0.346.